The van der Waals surface area contributed by atoms with Crippen LogP contribution in [0.1, 0.15) is 23.3 Å². The molecule has 0 radical (unpaired) electrons. The van der Waals surface area contributed by atoms with E-state index in [9.17, 15) is 0 Å². The number of anilines is 1. The lowest BCUT2D eigenvalue weighted by atomic mass is 10.2. The zero-order valence-corrected chi connectivity index (χ0v) is 13.9. The van der Waals surface area contributed by atoms with Crippen LogP contribution in [0.3, 0.4) is 0 Å². The maximum atomic E-state index is 4.93. The lowest BCUT2D eigenvalue weighted by molar-refractivity contribution is 0.942. The van der Waals surface area contributed by atoms with Gasteiger partial charge in [0.15, 0.2) is 5.82 Å². The highest BCUT2D eigenvalue weighted by Crippen LogP contribution is 2.38. The Morgan fingerprint density at radius 3 is 2.67 bits per heavy atom. The van der Waals surface area contributed by atoms with Crippen LogP contribution in [0.2, 0.25) is 0 Å². The number of aromatic nitrogens is 2. The molecule has 5 heteroatoms. The lowest BCUT2D eigenvalue weighted by Crippen LogP contribution is -2.19. The van der Waals surface area contributed by atoms with Gasteiger partial charge in [-0.15, -0.1) is 22.7 Å². The largest absolute Gasteiger partial charge is 0.356 e. The number of rotatable bonds is 2. The Hall–Kier alpha value is -1.46. The second-order valence-corrected chi connectivity index (χ2v) is 7.66. The number of hydrogen-bond acceptors (Lipinski definition) is 5. The van der Waals surface area contributed by atoms with Crippen molar-refractivity contribution in [2.24, 2.45) is 0 Å². The van der Waals surface area contributed by atoms with E-state index in [-0.39, 0.29) is 0 Å². The summed E-state index contributed by atoms with van der Waals surface area (Å²) in [6.07, 6.45) is 2.53. The van der Waals surface area contributed by atoms with Gasteiger partial charge < -0.3 is 4.90 Å². The summed E-state index contributed by atoms with van der Waals surface area (Å²) in [6.45, 7) is 6.61. The molecule has 0 aromatic carbocycles. The summed E-state index contributed by atoms with van der Waals surface area (Å²) >= 11 is 3.50. The molecule has 0 spiro atoms. The number of aryl methyl sites for hydroxylation is 2. The second kappa shape index (κ2) is 5.07. The van der Waals surface area contributed by atoms with Gasteiger partial charge in [-0.3, -0.25) is 0 Å². The fourth-order valence-electron chi connectivity index (χ4n) is 2.90. The third-order valence-electron chi connectivity index (χ3n) is 4.16. The van der Waals surface area contributed by atoms with Gasteiger partial charge in [0.25, 0.3) is 0 Å². The Labute approximate surface area is 132 Å². The van der Waals surface area contributed by atoms with Crippen LogP contribution >= 0.6 is 22.7 Å². The summed E-state index contributed by atoms with van der Waals surface area (Å²) in [7, 11) is 0. The van der Waals surface area contributed by atoms with Crippen LogP contribution in [-0.4, -0.2) is 23.1 Å². The molecule has 3 aromatic rings. The van der Waals surface area contributed by atoms with Crippen molar-refractivity contribution in [1.82, 2.24) is 9.97 Å². The third kappa shape index (κ3) is 2.15. The number of fused-ring (bicyclic) bond motifs is 1. The van der Waals surface area contributed by atoms with Crippen LogP contribution < -0.4 is 4.90 Å². The molecule has 21 heavy (non-hydrogen) atoms. The number of hydrogen-bond donors (Lipinski definition) is 0. The summed E-state index contributed by atoms with van der Waals surface area (Å²) in [6, 6.07) is 4.17. The van der Waals surface area contributed by atoms with E-state index in [1.165, 1.54) is 28.7 Å². The van der Waals surface area contributed by atoms with Crippen LogP contribution in [0.5, 0.6) is 0 Å². The lowest BCUT2D eigenvalue weighted by Gasteiger charge is -2.18. The van der Waals surface area contributed by atoms with Crippen molar-refractivity contribution in [2.75, 3.05) is 18.0 Å². The van der Waals surface area contributed by atoms with Crippen LogP contribution in [-0.2, 0) is 0 Å². The minimum absolute atomic E-state index is 0.876. The van der Waals surface area contributed by atoms with Gasteiger partial charge >= 0.3 is 0 Å². The monoisotopic (exact) mass is 315 g/mol. The molecular weight excluding hydrogens is 298 g/mol. The molecule has 1 aliphatic rings. The van der Waals surface area contributed by atoms with Crippen LogP contribution in [0, 0.1) is 13.8 Å². The van der Waals surface area contributed by atoms with Gasteiger partial charge in [0.2, 0.25) is 0 Å². The molecule has 0 aliphatic carbocycles. The first-order chi connectivity index (χ1) is 10.2. The summed E-state index contributed by atoms with van der Waals surface area (Å²) in [5.74, 6) is 2.02. The van der Waals surface area contributed by atoms with Gasteiger partial charge in [0.1, 0.15) is 10.6 Å². The SMILES string of the molecule is Cc1sc2nc(-c3cccs3)nc(N3CCCC3)c2c1C. The number of nitrogens with zero attached hydrogens (tertiary/aromatic N) is 3. The van der Waals surface area contributed by atoms with Crippen molar-refractivity contribution in [1.29, 1.82) is 0 Å². The molecule has 4 rings (SSSR count). The van der Waals surface area contributed by atoms with Crippen LogP contribution in [0.4, 0.5) is 5.82 Å². The molecule has 4 heterocycles. The molecule has 1 fully saturated rings. The Balaban J connectivity index is 1.98. The maximum Gasteiger partial charge on any atom is 0.173 e. The quantitative estimate of drug-likeness (QED) is 0.690. The highest BCUT2D eigenvalue weighted by atomic mass is 32.1. The van der Waals surface area contributed by atoms with E-state index in [1.54, 1.807) is 22.7 Å². The van der Waals surface area contributed by atoms with Gasteiger partial charge in [-0.2, -0.15) is 0 Å². The average Bonchev–Trinajstić information content (AvgIpc) is 3.21. The molecule has 0 saturated carbocycles. The standard InChI is InChI=1S/C16H17N3S2/c1-10-11(2)21-16-13(10)15(19-7-3-4-8-19)17-14(18-16)12-6-5-9-20-12/h5-6,9H,3-4,7-8H2,1-2H3. The molecule has 3 nitrogen and oxygen atoms in total. The maximum absolute atomic E-state index is 4.93. The topological polar surface area (TPSA) is 29.0 Å². The van der Waals surface area contributed by atoms with Gasteiger partial charge in [-0.25, -0.2) is 9.97 Å². The minimum Gasteiger partial charge on any atom is -0.356 e. The normalized spacial score (nSPS) is 15.2. The molecule has 0 amide bonds. The van der Waals surface area contributed by atoms with E-state index in [2.05, 4.69) is 36.3 Å². The summed E-state index contributed by atoms with van der Waals surface area (Å²) < 4.78 is 0. The predicted octanol–water partition coefficient (Wildman–Crippen LogP) is 4.64. The first-order valence-corrected chi connectivity index (χ1v) is 9.00. The van der Waals surface area contributed by atoms with Gasteiger partial charge in [-0.1, -0.05) is 6.07 Å². The Bertz CT molecular complexity index is 784. The van der Waals surface area contributed by atoms with Gasteiger partial charge in [-0.05, 0) is 43.7 Å². The highest BCUT2D eigenvalue weighted by molar-refractivity contribution is 7.19. The molecule has 108 valence electrons. The van der Waals surface area contributed by atoms with Crippen molar-refractivity contribution in [2.45, 2.75) is 26.7 Å². The third-order valence-corrected chi connectivity index (χ3v) is 6.12. The number of thiophene rings is 2. The Kier molecular flexibility index (Phi) is 3.19. The van der Waals surface area contributed by atoms with E-state index >= 15 is 0 Å². The van der Waals surface area contributed by atoms with Crippen LogP contribution in [0.15, 0.2) is 17.5 Å². The van der Waals surface area contributed by atoms with Crippen molar-refractivity contribution in [3.8, 4) is 10.7 Å². The molecule has 1 saturated heterocycles. The fourth-order valence-corrected chi connectivity index (χ4v) is 4.58. The van der Waals surface area contributed by atoms with E-state index in [4.69, 9.17) is 9.97 Å². The second-order valence-electron chi connectivity index (χ2n) is 5.51. The van der Waals surface area contributed by atoms with Gasteiger partial charge in [0.05, 0.1) is 10.3 Å². The zero-order chi connectivity index (χ0) is 14.4. The molecule has 0 bridgehead atoms. The molecule has 0 N–H and O–H groups in total. The van der Waals surface area contributed by atoms with E-state index in [1.807, 2.05) is 0 Å². The molecule has 0 atom stereocenters. The predicted molar refractivity (Wildman–Crippen MR) is 91.6 cm³/mol. The molecule has 0 unspecified atom stereocenters. The van der Waals surface area contributed by atoms with E-state index < -0.39 is 0 Å². The highest BCUT2D eigenvalue weighted by Gasteiger charge is 2.22. The van der Waals surface area contributed by atoms with Gasteiger partial charge in [0, 0.05) is 18.0 Å². The Morgan fingerprint density at radius 1 is 1.14 bits per heavy atom. The fraction of sp³-hybridized carbons (Fsp3) is 0.375. The van der Waals surface area contributed by atoms with E-state index in [0.717, 1.165) is 34.4 Å². The molecular formula is C16H17N3S2. The summed E-state index contributed by atoms with van der Waals surface area (Å²) in [5, 5.41) is 3.35. The average molecular weight is 315 g/mol. The van der Waals surface area contributed by atoms with Crippen molar-refractivity contribution in [3.63, 3.8) is 0 Å². The van der Waals surface area contributed by atoms with E-state index in [0.29, 0.717) is 0 Å². The van der Waals surface area contributed by atoms with Crippen molar-refractivity contribution < 1.29 is 0 Å². The molecule has 1 aliphatic heterocycles. The first-order valence-electron chi connectivity index (χ1n) is 7.30. The molecule has 3 aromatic heterocycles. The first kappa shape index (κ1) is 13.2. The Morgan fingerprint density at radius 2 is 1.95 bits per heavy atom. The minimum atomic E-state index is 0.876. The zero-order valence-electron chi connectivity index (χ0n) is 12.2. The summed E-state index contributed by atoms with van der Waals surface area (Å²) in [5.41, 5.74) is 1.34. The smallest absolute Gasteiger partial charge is 0.173 e. The van der Waals surface area contributed by atoms with Crippen molar-refractivity contribution >= 4 is 38.7 Å². The van der Waals surface area contributed by atoms with Crippen molar-refractivity contribution in [3.05, 3.63) is 28.0 Å². The summed E-state index contributed by atoms with van der Waals surface area (Å²) in [4.78, 5) is 15.8. The van der Waals surface area contributed by atoms with Crippen LogP contribution in [0.25, 0.3) is 20.9 Å².